The summed E-state index contributed by atoms with van der Waals surface area (Å²) in [5, 5.41) is 2.60. The average molecular weight is 239 g/mol. The molecule has 0 atom stereocenters. The second-order valence-corrected chi connectivity index (χ2v) is 4.56. The second kappa shape index (κ2) is 5.47. The third kappa shape index (κ3) is 4.67. The molecule has 17 heavy (non-hydrogen) atoms. The molecule has 0 bridgehead atoms. The molecular formula is C11H17N3O3. The number of rotatable bonds is 4. The molecule has 0 radical (unpaired) electrons. The fraction of sp³-hybridized carbons (Fsp3) is 0.545. The zero-order chi connectivity index (χ0) is 12.9. The van der Waals surface area contributed by atoms with Crippen LogP contribution in [0.4, 0.5) is 4.79 Å². The number of amides is 1. The van der Waals surface area contributed by atoms with Gasteiger partial charge in [0.15, 0.2) is 6.29 Å². The van der Waals surface area contributed by atoms with Gasteiger partial charge in [-0.3, -0.25) is 4.79 Å². The highest BCUT2D eigenvalue weighted by molar-refractivity contribution is 5.73. The summed E-state index contributed by atoms with van der Waals surface area (Å²) in [6, 6.07) is 0. The van der Waals surface area contributed by atoms with Gasteiger partial charge in [-0.05, 0) is 20.8 Å². The molecule has 0 aliphatic carbocycles. The summed E-state index contributed by atoms with van der Waals surface area (Å²) in [5.74, 6) is 0. The number of aromatic nitrogens is 2. The van der Waals surface area contributed by atoms with Crippen LogP contribution in [0.3, 0.4) is 0 Å². The van der Waals surface area contributed by atoms with Crippen LogP contribution in [-0.4, -0.2) is 34.5 Å². The number of H-pyrrole nitrogens is 1. The minimum absolute atomic E-state index is 0.371. The zero-order valence-corrected chi connectivity index (χ0v) is 10.2. The average Bonchev–Trinajstić information content (AvgIpc) is 2.62. The van der Waals surface area contributed by atoms with Gasteiger partial charge in [-0.1, -0.05) is 0 Å². The second-order valence-electron chi connectivity index (χ2n) is 4.56. The normalized spacial score (nSPS) is 11.0. The van der Waals surface area contributed by atoms with Crippen molar-refractivity contribution in [3.05, 3.63) is 17.7 Å². The van der Waals surface area contributed by atoms with Gasteiger partial charge in [-0.15, -0.1) is 0 Å². The van der Waals surface area contributed by atoms with Gasteiger partial charge in [0.1, 0.15) is 11.3 Å². The fourth-order valence-corrected chi connectivity index (χ4v) is 1.24. The van der Waals surface area contributed by atoms with Crippen molar-refractivity contribution < 1.29 is 14.3 Å². The predicted molar refractivity (Wildman–Crippen MR) is 61.9 cm³/mol. The van der Waals surface area contributed by atoms with Crippen LogP contribution in [0, 0.1) is 0 Å². The van der Waals surface area contributed by atoms with E-state index in [9.17, 15) is 9.59 Å². The standard InChI is InChI=1S/C11H17N3O3/c1-11(2,3)17-10(16)12-5-4-8-9(6-15)14-7-13-8/h6-7H,4-5H2,1-3H3,(H,12,16)(H,13,14). The Kier molecular flexibility index (Phi) is 4.25. The molecule has 1 rings (SSSR count). The van der Waals surface area contributed by atoms with E-state index in [1.807, 2.05) is 0 Å². The van der Waals surface area contributed by atoms with Crippen molar-refractivity contribution in [2.45, 2.75) is 32.8 Å². The lowest BCUT2D eigenvalue weighted by atomic mass is 10.2. The van der Waals surface area contributed by atoms with Crippen LogP contribution in [0.1, 0.15) is 37.0 Å². The van der Waals surface area contributed by atoms with Gasteiger partial charge in [0, 0.05) is 18.7 Å². The van der Waals surface area contributed by atoms with E-state index in [0.29, 0.717) is 30.6 Å². The molecule has 0 fully saturated rings. The Hall–Kier alpha value is -1.85. The summed E-state index contributed by atoms with van der Waals surface area (Å²) in [4.78, 5) is 28.6. The van der Waals surface area contributed by atoms with Crippen molar-refractivity contribution >= 4 is 12.4 Å². The first kappa shape index (κ1) is 13.2. The summed E-state index contributed by atoms with van der Waals surface area (Å²) in [6.07, 6.45) is 2.17. The first-order chi connectivity index (χ1) is 7.92. The van der Waals surface area contributed by atoms with Crippen molar-refractivity contribution in [1.29, 1.82) is 0 Å². The van der Waals surface area contributed by atoms with Crippen LogP contribution in [-0.2, 0) is 11.2 Å². The summed E-state index contributed by atoms with van der Waals surface area (Å²) in [6.45, 7) is 5.78. The Bertz CT molecular complexity index is 393. The first-order valence-electron chi connectivity index (χ1n) is 5.36. The van der Waals surface area contributed by atoms with E-state index in [2.05, 4.69) is 15.3 Å². The largest absolute Gasteiger partial charge is 0.444 e. The molecule has 0 aliphatic rings. The van der Waals surface area contributed by atoms with Crippen molar-refractivity contribution in [2.24, 2.45) is 0 Å². The fourth-order valence-electron chi connectivity index (χ4n) is 1.24. The lowest BCUT2D eigenvalue weighted by Gasteiger charge is -2.19. The Balaban J connectivity index is 2.33. The maximum Gasteiger partial charge on any atom is 0.407 e. The molecule has 0 aliphatic heterocycles. The molecule has 2 N–H and O–H groups in total. The number of nitrogens with zero attached hydrogens (tertiary/aromatic N) is 1. The molecule has 1 heterocycles. The van der Waals surface area contributed by atoms with Crippen LogP contribution in [0.15, 0.2) is 6.33 Å². The highest BCUT2D eigenvalue weighted by Crippen LogP contribution is 2.06. The molecule has 94 valence electrons. The number of nitrogens with one attached hydrogen (secondary N) is 2. The number of aldehydes is 1. The van der Waals surface area contributed by atoms with Gasteiger partial charge in [0.2, 0.25) is 0 Å². The van der Waals surface area contributed by atoms with Gasteiger partial charge in [-0.2, -0.15) is 0 Å². The first-order valence-corrected chi connectivity index (χ1v) is 5.36. The van der Waals surface area contributed by atoms with Gasteiger partial charge in [0.25, 0.3) is 0 Å². The van der Waals surface area contributed by atoms with E-state index in [0.717, 1.165) is 0 Å². The molecule has 6 nitrogen and oxygen atoms in total. The van der Waals surface area contributed by atoms with Gasteiger partial charge in [-0.25, -0.2) is 9.78 Å². The van der Waals surface area contributed by atoms with Crippen molar-refractivity contribution in [1.82, 2.24) is 15.3 Å². The Morgan fingerprint density at radius 2 is 2.29 bits per heavy atom. The zero-order valence-electron chi connectivity index (χ0n) is 10.2. The third-order valence-corrected chi connectivity index (χ3v) is 1.91. The minimum Gasteiger partial charge on any atom is -0.444 e. The summed E-state index contributed by atoms with van der Waals surface area (Å²) < 4.78 is 5.07. The van der Waals surface area contributed by atoms with Gasteiger partial charge < -0.3 is 15.0 Å². The van der Waals surface area contributed by atoms with E-state index in [4.69, 9.17) is 4.74 Å². The molecule has 1 amide bonds. The van der Waals surface area contributed by atoms with E-state index in [1.165, 1.54) is 6.33 Å². The molecule has 0 saturated heterocycles. The Labute approximate surface area is 99.8 Å². The van der Waals surface area contributed by atoms with Gasteiger partial charge >= 0.3 is 6.09 Å². The van der Waals surface area contributed by atoms with Crippen molar-refractivity contribution in [3.63, 3.8) is 0 Å². The van der Waals surface area contributed by atoms with Crippen molar-refractivity contribution in [3.8, 4) is 0 Å². The van der Waals surface area contributed by atoms with E-state index >= 15 is 0 Å². The molecule has 6 heteroatoms. The number of carbonyl (C=O) groups excluding carboxylic acids is 2. The smallest absolute Gasteiger partial charge is 0.407 e. The number of ether oxygens (including phenoxy) is 1. The van der Waals surface area contributed by atoms with Crippen LogP contribution < -0.4 is 5.32 Å². The predicted octanol–water partition coefficient (Wildman–Crippen LogP) is 1.29. The third-order valence-electron chi connectivity index (χ3n) is 1.91. The highest BCUT2D eigenvalue weighted by Gasteiger charge is 2.15. The van der Waals surface area contributed by atoms with Crippen LogP contribution in [0.5, 0.6) is 0 Å². The number of hydrogen-bond donors (Lipinski definition) is 2. The van der Waals surface area contributed by atoms with Crippen LogP contribution in [0.2, 0.25) is 0 Å². The molecule has 0 spiro atoms. The molecule has 1 aromatic rings. The lowest BCUT2D eigenvalue weighted by molar-refractivity contribution is 0.0528. The van der Waals surface area contributed by atoms with E-state index < -0.39 is 11.7 Å². The maximum atomic E-state index is 11.3. The molecule has 1 aromatic heterocycles. The van der Waals surface area contributed by atoms with Crippen LogP contribution in [0.25, 0.3) is 0 Å². The number of alkyl carbamates (subject to hydrolysis) is 1. The van der Waals surface area contributed by atoms with E-state index in [1.54, 1.807) is 20.8 Å². The topological polar surface area (TPSA) is 84.1 Å². The highest BCUT2D eigenvalue weighted by atomic mass is 16.6. The molecular weight excluding hydrogens is 222 g/mol. The Morgan fingerprint density at radius 1 is 1.59 bits per heavy atom. The molecule has 0 aromatic carbocycles. The van der Waals surface area contributed by atoms with Crippen LogP contribution >= 0.6 is 0 Å². The number of aromatic amines is 1. The summed E-state index contributed by atoms with van der Waals surface area (Å²) >= 11 is 0. The van der Waals surface area contributed by atoms with Crippen molar-refractivity contribution in [2.75, 3.05) is 6.54 Å². The SMILES string of the molecule is CC(C)(C)OC(=O)NCCc1[nH]cnc1C=O. The monoisotopic (exact) mass is 239 g/mol. The van der Waals surface area contributed by atoms with Gasteiger partial charge in [0.05, 0.1) is 6.33 Å². The number of hydrogen-bond acceptors (Lipinski definition) is 4. The summed E-state index contributed by atoms with van der Waals surface area (Å²) in [5.41, 5.74) is 0.568. The Morgan fingerprint density at radius 3 is 2.88 bits per heavy atom. The summed E-state index contributed by atoms with van der Waals surface area (Å²) in [7, 11) is 0. The maximum absolute atomic E-state index is 11.3. The minimum atomic E-state index is -0.508. The molecule has 0 saturated carbocycles. The quantitative estimate of drug-likeness (QED) is 0.775. The number of imidazole rings is 1. The molecule has 0 unspecified atom stereocenters. The number of carbonyl (C=O) groups is 2. The van der Waals surface area contributed by atoms with E-state index in [-0.39, 0.29) is 0 Å². The lowest BCUT2D eigenvalue weighted by Crippen LogP contribution is -2.33.